The van der Waals surface area contributed by atoms with E-state index in [9.17, 15) is 4.79 Å². The van der Waals surface area contributed by atoms with Crippen molar-refractivity contribution in [1.82, 2.24) is 5.31 Å². The summed E-state index contributed by atoms with van der Waals surface area (Å²) in [5.74, 6) is -0.387. The first-order chi connectivity index (χ1) is 3.66. The SMILES string of the molecule is [2H]N(C)CC(=O)OC. The normalized spacial score (nSPS) is 11.0. The van der Waals surface area contributed by atoms with Crippen LogP contribution in [0.25, 0.3) is 0 Å². The van der Waals surface area contributed by atoms with Gasteiger partial charge in [0.15, 0.2) is 0 Å². The molecule has 0 bridgehead atoms. The van der Waals surface area contributed by atoms with Crippen molar-refractivity contribution in [2.24, 2.45) is 0 Å². The molecule has 0 aliphatic heterocycles. The minimum absolute atomic E-state index is 0.0243. The molecule has 7 heavy (non-hydrogen) atoms. The Bertz CT molecular complexity index is 84.1. The summed E-state index contributed by atoms with van der Waals surface area (Å²) in [6.07, 6.45) is 0. The third kappa shape index (κ3) is 3.26. The van der Waals surface area contributed by atoms with Crippen LogP contribution in [0.3, 0.4) is 0 Å². The maximum absolute atomic E-state index is 10.2. The summed E-state index contributed by atoms with van der Waals surface area (Å²) in [5.41, 5.74) is 0. The molecule has 0 aromatic heterocycles. The van der Waals surface area contributed by atoms with Crippen LogP contribution in [0.1, 0.15) is 0 Å². The van der Waals surface area contributed by atoms with E-state index in [1.807, 2.05) is 0 Å². The number of likely N-dealkylation sites (N-methyl/N-ethyl adjacent to an activating group) is 1. The summed E-state index contributed by atoms with van der Waals surface area (Å²) < 4.78 is 11.0. The van der Waals surface area contributed by atoms with Gasteiger partial charge in [-0.2, -0.15) is 0 Å². The topological polar surface area (TPSA) is 38.3 Å². The molecule has 0 radical (unpaired) electrons. The van der Waals surface area contributed by atoms with Gasteiger partial charge in [0.1, 0.15) is 1.41 Å². The Hall–Kier alpha value is -0.570. The zero-order chi connectivity index (χ0) is 6.57. The number of esters is 1. The average molecular weight is 104 g/mol. The van der Waals surface area contributed by atoms with E-state index in [2.05, 4.69) is 4.74 Å². The van der Waals surface area contributed by atoms with Crippen LogP contribution in [0.5, 0.6) is 0 Å². The van der Waals surface area contributed by atoms with E-state index in [1.54, 1.807) is 0 Å². The summed E-state index contributed by atoms with van der Waals surface area (Å²) >= 11 is 0. The number of hydrogen-bond donors (Lipinski definition) is 1. The fourth-order valence-electron chi connectivity index (χ4n) is 0.194. The summed E-state index contributed by atoms with van der Waals surface area (Å²) in [7, 11) is 2.78. The molecule has 0 spiro atoms. The molecule has 0 heterocycles. The third-order valence-corrected chi connectivity index (χ3v) is 0.515. The molecular formula is C4H9NO2. The van der Waals surface area contributed by atoms with Gasteiger partial charge in [-0.1, -0.05) is 0 Å². The molecule has 0 aliphatic carbocycles. The zero-order valence-corrected chi connectivity index (χ0v) is 4.47. The second kappa shape index (κ2) is 3.61. The molecule has 0 rings (SSSR count). The van der Waals surface area contributed by atoms with Crippen molar-refractivity contribution in [3.05, 3.63) is 0 Å². The van der Waals surface area contributed by atoms with Crippen molar-refractivity contribution >= 4 is 5.97 Å². The maximum atomic E-state index is 10.2. The van der Waals surface area contributed by atoms with Crippen LogP contribution >= 0.6 is 0 Å². The number of rotatable bonds is 2. The Balaban J connectivity index is 3.25. The van der Waals surface area contributed by atoms with Gasteiger partial charge in [0.05, 0.1) is 13.7 Å². The Morgan fingerprint density at radius 3 is 2.86 bits per heavy atom. The minimum Gasteiger partial charge on any atom is -0.468 e. The van der Waals surface area contributed by atoms with Crippen molar-refractivity contribution in [3.63, 3.8) is 0 Å². The van der Waals surface area contributed by atoms with E-state index in [-0.39, 0.29) is 12.5 Å². The van der Waals surface area contributed by atoms with E-state index in [0.717, 1.165) is 5.31 Å². The average Bonchev–Trinajstić information content (AvgIpc) is 1.65. The van der Waals surface area contributed by atoms with Crippen LogP contribution in [0.15, 0.2) is 0 Å². The van der Waals surface area contributed by atoms with Gasteiger partial charge in [-0.15, -0.1) is 0 Å². The van der Waals surface area contributed by atoms with Crippen molar-refractivity contribution in [2.75, 3.05) is 20.7 Å². The fraction of sp³-hybridized carbons (Fsp3) is 0.750. The number of hydrogen-bond acceptors (Lipinski definition) is 3. The van der Waals surface area contributed by atoms with Crippen molar-refractivity contribution in [2.45, 2.75) is 0 Å². The summed E-state index contributed by atoms with van der Waals surface area (Å²) in [4.78, 5) is 10.2. The molecule has 3 heteroatoms. The lowest BCUT2D eigenvalue weighted by molar-refractivity contribution is -0.139. The second-order valence-electron chi connectivity index (χ2n) is 1.05. The standard InChI is InChI=1S/C4H9NO2/c1-5-3-4(6)7-2/h5H,3H2,1-2H3/i/hD. The van der Waals surface area contributed by atoms with E-state index in [1.165, 1.54) is 14.2 Å². The number of methoxy groups -OCH3 is 1. The first-order valence-electron chi connectivity index (χ1n) is 2.38. The quantitative estimate of drug-likeness (QED) is 0.474. The first-order valence-corrected chi connectivity index (χ1v) is 1.93. The summed E-state index contributed by atoms with van der Waals surface area (Å²) in [6, 6.07) is 0. The maximum Gasteiger partial charge on any atom is 0.319 e. The Morgan fingerprint density at radius 1 is 2.14 bits per heavy atom. The van der Waals surface area contributed by atoms with Crippen LogP contribution < -0.4 is 5.31 Å². The number of nitrogens with one attached hydrogen (secondary N) is 1. The molecule has 0 unspecified atom stereocenters. The lowest BCUT2D eigenvalue weighted by Crippen LogP contribution is -2.19. The molecule has 3 nitrogen and oxygen atoms in total. The first kappa shape index (κ1) is 4.59. The number of carbonyl (C=O) groups is 1. The Kier molecular flexibility index (Phi) is 2.37. The van der Waals surface area contributed by atoms with Gasteiger partial charge < -0.3 is 10.0 Å². The molecule has 0 saturated carbocycles. The van der Waals surface area contributed by atoms with Gasteiger partial charge in [-0.05, 0) is 7.05 Å². The van der Waals surface area contributed by atoms with Crippen molar-refractivity contribution < 1.29 is 10.9 Å². The summed E-state index contributed by atoms with van der Waals surface area (Å²) in [5, 5.41) is 1.01. The molecule has 0 aromatic rings. The molecule has 1 N–H and O–H groups in total. The molecule has 0 atom stereocenters. The third-order valence-electron chi connectivity index (χ3n) is 0.515. The van der Waals surface area contributed by atoms with E-state index >= 15 is 0 Å². The fourth-order valence-corrected chi connectivity index (χ4v) is 0.194. The van der Waals surface area contributed by atoms with Crippen LogP contribution in [-0.2, 0) is 9.53 Å². The molecule has 0 saturated heterocycles. The molecular weight excluding hydrogens is 94.0 g/mol. The van der Waals surface area contributed by atoms with Gasteiger partial charge >= 0.3 is 5.97 Å². The van der Waals surface area contributed by atoms with Crippen molar-refractivity contribution in [3.8, 4) is 0 Å². The van der Waals surface area contributed by atoms with Gasteiger partial charge in [0, 0.05) is 0 Å². The zero-order valence-electron chi connectivity index (χ0n) is 5.47. The highest BCUT2D eigenvalue weighted by Gasteiger charge is 1.91. The monoisotopic (exact) mass is 104 g/mol. The van der Waals surface area contributed by atoms with Gasteiger partial charge in [-0.25, -0.2) is 0 Å². The molecule has 0 amide bonds. The minimum atomic E-state index is -0.387. The lowest BCUT2D eigenvalue weighted by atomic mass is 10.7. The van der Waals surface area contributed by atoms with Crippen LogP contribution in [0.4, 0.5) is 0 Å². The van der Waals surface area contributed by atoms with E-state index in [4.69, 9.17) is 1.41 Å². The predicted octanol–water partition coefficient (Wildman–Crippen LogP) is -0.621. The van der Waals surface area contributed by atoms with Crippen molar-refractivity contribution in [1.29, 1.82) is 0 Å². The summed E-state index contributed by atoms with van der Waals surface area (Å²) in [6.45, 7) is 0.0243. The lowest BCUT2D eigenvalue weighted by Gasteiger charge is -1.93. The highest BCUT2D eigenvalue weighted by atomic mass is 16.5. The van der Waals surface area contributed by atoms with Crippen LogP contribution in [0.2, 0.25) is 1.41 Å². The Labute approximate surface area is 44.1 Å². The molecule has 0 fully saturated rings. The largest absolute Gasteiger partial charge is 0.468 e. The van der Waals surface area contributed by atoms with Crippen LogP contribution in [0, 0.1) is 0 Å². The predicted molar refractivity (Wildman–Crippen MR) is 25.9 cm³/mol. The van der Waals surface area contributed by atoms with Gasteiger partial charge in [0.2, 0.25) is 0 Å². The Morgan fingerprint density at radius 2 is 2.71 bits per heavy atom. The van der Waals surface area contributed by atoms with E-state index < -0.39 is 0 Å². The second-order valence-corrected chi connectivity index (χ2v) is 1.05. The number of ether oxygens (including phenoxy) is 1. The number of carbonyl (C=O) groups excluding carboxylic acids is 1. The van der Waals surface area contributed by atoms with Gasteiger partial charge in [-0.3, -0.25) is 4.79 Å². The van der Waals surface area contributed by atoms with Crippen LogP contribution in [-0.4, -0.2) is 26.7 Å². The highest BCUT2D eigenvalue weighted by Crippen LogP contribution is 1.64. The van der Waals surface area contributed by atoms with Gasteiger partial charge in [0.25, 0.3) is 0 Å². The highest BCUT2D eigenvalue weighted by molar-refractivity contribution is 5.71. The molecule has 42 valence electrons. The van der Waals surface area contributed by atoms with E-state index in [0.29, 0.717) is 0 Å². The molecule has 0 aliphatic rings. The smallest absolute Gasteiger partial charge is 0.319 e. The molecule has 0 aromatic carbocycles.